The van der Waals surface area contributed by atoms with Crippen LogP contribution < -0.4 is 10.6 Å². The van der Waals surface area contributed by atoms with Crippen molar-refractivity contribution >= 4 is 17.4 Å². The Balaban J connectivity index is 1.47. The zero-order valence-corrected chi connectivity index (χ0v) is 12.3. The second-order valence-corrected chi connectivity index (χ2v) is 5.75. The van der Waals surface area contributed by atoms with Crippen molar-refractivity contribution in [2.24, 2.45) is 0 Å². The molecular formula is C13H17N5O2S. The zero-order valence-electron chi connectivity index (χ0n) is 11.5. The van der Waals surface area contributed by atoms with Crippen LogP contribution in [0.5, 0.6) is 0 Å². The molecule has 3 heterocycles. The number of carbonyl (C=O) groups excluding carboxylic acids is 1. The van der Waals surface area contributed by atoms with E-state index in [1.807, 2.05) is 23.7 Å². The normalized spacial score (nSPS) is 15.8. The van der Waals surface area contributed by atoms with E-state index in [1.165, 1.54) is 0 Å². The van der Waals surface area contributed by atoms with Gasteiger partial charge in [0.1, 0.15) is 10.7 Å². The Hall–Kier alpha value is -1.93. The Bertz CT molecular complexity index is 577. The maximum atomic E-state index is 11.8. The summed E-state index contributed by atoms with van der Waals surface area (Å²) >= 11 is 1.59. The highest BCUT2D eigenvalue weighted by molar-refractivity contribution is 7.12. The van der Waals surface area contributed by atoms with Gasteiger partial charge in [0.25, 0.3) is 0 Å². The van der Waals surface area contributed by atoms with Crippen LogP contribution in [0.25, 0.3) is 5.00 Å². The fourth-order valence-electron chi connectivity index (χ4n) is 2.14. The van der Waals surface area contributed by atoms with E-state index in [2.05, 4.69) is 20.9 Å². The topological polar surface area (TPSA) is 81.1 Å². The molecule has 2 aromatic heterocycles. The van der Waals surface area contributed by atoms with Crippen LogP contribution in [-0.4, -0.2) is 40.3 Å². The third-order valence-electron chi connectivity index (χ3n) is 3.26. The molecule has 1 fully saturated rings. The lowest BCUT2D eigenvalue weighted by atomic mass is 10.1. The summed E-state index contributed by atoms with van der Waals surface area (Å²) in [6, 6.07) is 3.95. The summed E-state index contributed by atoms with van der Waals surface area (Å²) in [6.45, 7) is 1.78. The van der Waals surface area contributed by atoms with Crippen molar-refractivity contribution in [1.29, 1.82) is 0 Å². The standard InChI is InChI=1S/C13H17N5O2S/c19-13(15-10-3-5-20-6-4-10)14-8-11-9-18(17-16-11)12-2-1-7-21-12/h1-2,7,9-10H,3-6,8H2,(H2,14,15,19). The highest BCUT2D eigenvalue weighted by atomic mass is 32.1. The summed E-state index contributed by atoms with van der Waals surface area (Å²) in [4.78, 5) is 11.8. The van der Waals surface area contributed by atoms with Crippen molar-refractivity contribution in [2.75, 3.05) is 13.2 Å². The summed E-state index contributed by atoms with van der Waals surface area (Å²) in [5.74, 6) is 0. The molecule has 0 bridgehead atoms. The molecule has 0 saturated carbocycles. The van der Waals surface area contributed by atoms with Gasteiger partial charge >= 0.3 is 6.03 Å². The highest BCUT2D eigenvalue weighted by Gasteiger charge is 2.15. The molecule has 0 aliphatic carbocycles. The molecule has 21 heavy (non-hydrogen) atoms. The molecule has 0 aromatic carbocycles. The maximum Gasteiger partial charge on any atom is 0.315 e. The molecule has 2 amide bonds. The minimum absolute atomic E-state index is 0.174. The predicted octanol–water partition coefficient (Wildman–Crippen LogP) is 1.31. The van der Waals surface area contributed by atoms with Crippen LogP contribution in [0.4, 0.5) is 4.79 Å². The quantitative estimate of drug-likeness (QED) is 0.892. The Labute approximate surface area is 126 Å². The van der Waals surface area contributed by atoms with Gasteiger partial charge in [0, 0.05) is 19.3 Å². The smallest absolute Gasteiger partial charge is 0.315 e. The van der Waals surface area contributed by atoms with Crippen molar-refractivity contribution in [3.05, 3.63) is 29.4 Å². The number of urea groups is 1. The third-order valence-corrected chi connectivity index (χ3v) is 4.12. The SMILES string of the molecule is O=C(NCc1cn(-c2cccs2)nn1)NC1CCOCC1. The fraction of sp³-hybridized carbons (Fsp3) is 0.462. The molecule has 0 spiro atoms. The monoisotopic (exact) mass is 307 g/mol. The number of amides is 2. The summed E-state index contributed by atoms with van der Waals surface area (Å²) < 4.78 is 6.96. The lowest BCUT2D eigenvalue weighted by molar-refractivity contribution is 0.0800. The molecule has 2 N–H and O–H groups in total. The van der Waals surface area contributed by atoms with Gasteiger partial charge in [-0.1, -0.05) is 5.21 Å². The number of carbonyl (C=O) groups is 1. The van der Waals surface area contributed by atoms with Crippen LogP contribution in [0.2, 0.25) is 0 Å². The average molecular weight is 307 g/mol. The highest BCUT2D eigenvalue weighted by Crippen LogP contribution is 2.13. The first-order valence-corrected chi connectivity index (χ1v) is 7.76. The third kappa shape index (κ3) is 3.79. The van der Waals surface area contributed by atoms with E-state index in [0.29, 0.717) is 19.8 Å². The van der Waals surface area contributed by atoms with Crippen LogP contribution >= 0.6 is 11.3 Å². The van der Waals surface area contributed by atoms with Gasteiger partial charge in [-0.15, -0.1) is 16.4 Å². The van der Waals surface area contributed by atoms with Crippen molar-refractivity contribution in [3.8, 4) is 5.00 Å². The van der Waals surface area contributed by atoms with Crippen LogP contribution in [-0.2, 0) is 11.3 Å². The summed E-state index contributed by atoms with van der Waals surface area (Å²) in [7, 11) is 0. The largest absolute Gasteiger partial charge is 0.381 e. The molecule has 8 heteroatoms. The van der Waals surface area contributed by atoms with Crippen molar-refractivity contribution in [1.82, 2.24) is 25.6 Å². The van der Waals surface area contributed by atoms with Crippen molar-refractivity contribution < 1.29 is 9.53 Å². The molecule has 1 aliphatic heterocycles. The van der Waals surface area contributed by atoms with E-state index in [1.54, 1.807) is 16.0 Å². The van der Waals surface area contributed by atoms with Gasteiger partial charge in [-0.05, 0) is 30.4 Å². The minimum atomic E-state index is -0.174. The molecule has 0 radical (unpaired) electrons. The molecule has 0 atom stereocenters. The molecule has 1 aliphatic rings. The Morgan fingerprint density at radius 3 is 3.10 bits per heavy atom. The first-order chi connectivity index (χ1) is 10.3. The average Bonchev–Trinajstić information content (AvgIpc) is 3.17. The fourth-order valence-corrected chi connectivity index (χ4v) is 2.79. The van der Waals surface area contributed by atoms with Gasteiger partial charge in [-0.3, -0.25) is 0 Å². The number of aromatic nitrogens is 3. The molecule has 1 saturated heterocycles. The summed E-state index contributed by atoms with van der Waals surface area (Å²) in [6.07, 6.45) is 3.55. The number of nitrogens with one attached hydrogen (secondary N) is 2. The number of hydrogen-bond acceptors (Lipinski definition) is 5. The number of nitrogens with zero attached hydrogens (tertiary/aromatic N) is 3. The van der Waals surface area contributed by atoms with Gasteiger partial charge in [-0.25, -0.2) is 9.48 Å². The van der Waals surface area contributed by atoms with E-state index in [0.717, 1.165) is 23.5 Å². The van der Waals surface area contributed by atoms with Gasteiger partial charge in [0.2, 0.25) is 0 Å². The van der Waals surface area contributed by atoms with E-state index >= 15 is 0 Å². The van der Waals surface area contributed by atoms with Gasteiger partial charge in [-0.2, -0.15) is 0 Å². The first-order valence-electron chi connectivity index (χ1n) is 6.88. The van der Waals surface area contributed by atoms with Crippen LogP contribution in [0.15, 0.2) is 23.7 Å². The number of ether oxygens (including phenoxy) is 1. The van der Waals surface area contributed by atoms with E-state index in [-0.39, 0.29) is 12.1 Å². The van der Waals surface area contributed by atoms with Crippen molar-refractivity contribution in [3.63, 3.8) is 0 Å². The number of thiophene rings is 1. The van der Waals surface area contributed by atoms with E-state index < -0.39 is 0 Å². The second kappa shape index (κ2) is 6.68. The van der Waals surface area contributed by atoms with Crippen LogP contribution in [0, 0.1) is 0 Å². The minimum Gasteiger partial charge on any atom is -0.381 e. The second-order valence-electron chi connectivity index (χ2n) is 4.82. The van der Waals surface area contributed by atoms with Crippen LogP contribution in [0.1, 0.15) is 18.5 Å². The molecule has 2 aromatic rings. The van der Waals surface area contributed by atoms with Gasteiger partial charge in [0.05, 0.1) is 12.7 Å². The molecule has 0 unspecified atom stereocenters. The zero-order chi connectivity index (χ0) is 14.5. The van der Waals surface area contributed by atoms with E-state index in [9.17, 15) is 4.79 Å². The molecule has 3 rings (SSSR count). The summed E-state index contributed by atoms with van der Waals surface area (Å²) in [5, 5.41) is 16.8. The molecule has 112 valence electrons. The first kappa shape index (κ1) is 14.0. The Morgan fingerprint density at radius 2 is 2.33 bits per heavy atom. The maximum absolute atomic E-state index is 11.8. The molecular weight excluding hydrogens is 290 g/mol. The van der Waals surface area contributed by atoms with Crippen molar-refractivity contribution in [2.45, 2.75) is 25.4 Å². The number of rotatable bonds is 4. The van der Waals surface area contributed by atoms with Gasteiger partial charge in [0.15, 0.2) is 0 Å². The van der Waals surface area contributed by atoms with Gasteiger partial charge < -0.3 is 15.4 Å². The lowest BCUT2D eigenvalue weighted by Crippen LogP contribution is -2.44. The Kier molecular flexibility index (Phi) is 4.46. The summed E-state index contributed by atoms with van der Waals surface area (Å²) in [5.41, 5.74) is 0.727. The number of hydrogen-bond donors (Lipinski definition) is 2. The van der Waals surface area contributed by atoms with E-state index in [4.69, 9.17) is 4.74 Å². The lowest BCUT2D eigenvalue weighted by Gasteiger charge is -2.23. The Morgan fingerprint density at radius 1 is 1.48 bits per heavy atom. The van der Waals surface area contributed by atoms with Crippen LogP contribution in [0.3, 0.4) is 0 Å². The predicted molar refractivity (Wildman–Crippen MR) is 78.4 cm³/mol. The molecule has 7 nitrogen and oxygen atoms in total.